The lowest BCUT2D eigenvalue weighted by Crippen LogP contribution is -2.58. The summed E-state index contributed by atoms with van der Waals surface area (Å²) in [6, 6.07) is 12.4. The second-order valence-electron chi connectivity index (χ2n) is 10.3. The number of hydrogen-bond acceptors (Lipinski definition) is 6. The Bertz CT molecular complexity index is 1090. The van der Waals surface area contributed by atoms with Gasteiger partial charge in [0, 0.05) is 13.1 Å². The molecule has 1 aliphatic heterocycles. The van der Waals surface area contributed by atoms with Gasteiger partial charge in [0.1, 0.15) is 30.2 Å². The van der Waals surface area contributed by atoms with Crippen molar-refractivity contribution in [1.29, 1.82) is 0 Å². The van der Waals surface area contributed by atoms with E-state index in [-0.39, 0.29) is 29.4 Å². The normalized spacial score (nSPS) is 21.9. The number of phenolic OH excluding ortho intramolecular Hbond substituents is 1. The molecule has 1 aliphatic rings. The molecule has 5 N–H and O–H groups in total. The number of nitrogens with one attached hydrogen (secondary N) is 4. The molecule has 9 heteroatoms. The zero-order valence-corrected chi connectivity index (χ0v) is 23.2. The van der Waals surface area contributed by atoms with Crippen molar-refractivity contribution >= 4 is 17.7 Å². The number of aryl methyl sites for hydroxylation is 1. The fourth-order valence-corrected chi connectivity index (χ4v) is 4.59. The average Bonchev–Trinajstić information content (AvgIpc) is 2.91. The molecule has 0 saturated carbocycles. The molecule has 1 heterocycles. The number of para-hydroxylation sites is 1. The standard InChI is InChI=1S/C30H42N4O5/c1-4-8-24-28(36)32-16-7-10-22-9-5-6-11-26(22)39-18-17-31-25(19-21-12-14-23(35)15-13-21)29(37)34-27(20(2)3)30(38)33-24/h5-6,9,11-15,20,24-25,27,31,35H,4,7-8,10,16-19H2,1-3H3,(H,32,36)(H,33,38)(H,34,37)/t24-,25+,27+/m0/s1. The summed E-state index contributed by atoms with van der Waals surface area (Å²) in [5.41, 5.74) is 1.91. The molecule has 0 saturated heterocycles. The molecule has 0 fully saturated rings. The number of aromatic hydroxyl groups is 1. The van der Waals surface area contributed by atoms with Gasteiger partial charge in [-0.15, -0.1) is 0 Å². The summed E-state index contributed by atoms with van der Waals surface area (Å²) in [4.78, 5) is 39.7. The number of amides is 3. The third kappa shape index (κ3) is 9.28. The zero-order chi connectivity index (χ0) is 28.2. The van der Waals surface area contributed by atoms with E-state index in [1.54, 1.807) is 24.3 Å². The summed E-state index contributed by atoms with van der Waals surface area (Å²) in [7, 11) is 0. The molecule has 3 rings (SSSR count). The monoisotopic (exact) mass is 538 g/mol. The second-order valence-corrected chi connectivity index (χ2v) is 10.3. The van der Waals surface area contributed by atoms with Crippen molar-refractivity contribution in [2.75, 3.05) is 19.7 Å². The van der Waals surface area contributed by atoms with Crippen LogP contribution in [0.25, 0.3) is 0 Å². The predicted molar refractivity (Wildman–Crippen MR) is 150 cm³/mol. The van der Waals surface area contributed by atoms with Crippen molar-refractivity contribution in [1.82, 2.24) is 21.3 Å². The molecule has 0 unspecified atom stereocenters. The van der Waals surface area contributed by atoms with Crippen LogP contribution in [0.5, 0.6) is 11.5 Å². The maximum atomic E-state index is 13.5. The largest absolute Gasteiger partial charge is 0.508 e. The van der Waals surface area contributed by atoms with Gasteiger partial charge in [0.05, 0.1) is 6.04 Å². The van der Waals surface area contributed by atoms with Crippen molar-refractivity contribution in [3.63, 3.8) is 0 Å². The first kappa shape index (κ1) is 30.0. The van der Waals surface area contributed by atoms with E-state index in [1.165, 1.54) is 0 Å². The number of rotatable bonds is 5. The molecule has 3 amide bonds. The highest BCUT2D eigenvalue weighted by molar-refractivity contribution is 5.93. The van der Waals surface area contributed by atoms with Crippen molar-refractivity contribution in [2.45, 2.75) is 71.0 Å². The number of hydrogen-bond donors (Lipinski definition) is 5. The molecule has 0 spiro atoms. The lowest BCUT2D eigenvalue weighted by Gasteiger charge is -2.27. The van der Waals surface area contributed by atoms with Crippen LogP contribution < -0.4 is 26.0 Å². The Hall–Kier alpha value is -3.59. The Kier molecular flexibility index (Phi) is 11.6. The van der Waals surface area contributed by atoms with Crippen LogP contribution in [0.1, 0.15) is 51.2 Å². The van der Waals surface area contributed by atoms with Gasteiger partial charge < -0.3 is 31.1 Å². The van der Waals surface area contributed by atoms with Gasteiger partial charge in [-0.25, -0.2) is 0 Å². The van der Waals surface area contributed by atoms with Gasteiger partial charge >= 0.3 is 0 Å². The van der Waals surface area contributed by atoms with Crippen molar-refractivity contribution < 1.29 is 24.2 Å². The first-order valence-corrected chi connectivity index (χ1v) is 13.9. The Morgan fingerprint density at radius 2 is 1.67 bits per heavy atom. The van der Waals surface area contributed by atoms with E-state index in [0.717, 1.165) is 36.1 Å². The number of phenols is 1. The molecular formula is C30H42N4O5. The SMILES string of the molecule is CCC[C@@H]1NC(=O)[C@@H](C(C)C)NC(=O)[C@@H](Cc2ccc(O)cc2)NCCOc2ccccc2CCCNC1=O. The Balaban J connectivity index is 1.85. The molecule has 2 aromatic carbocycles. The predicted octanol–water partition coefficient (Wildman–Crippen LogP) is 2.46. The third-order valence-electron chi connectivity index (χ3n) is 6.79. The molecule has 9 nitrogen and oxygen atoms in total. The van der Waals surface area contributed by atoms with Crippen LogP contribution >= 0.6 is 0 Å². The van der Waals surface area contributed by atoms with Crippen molar-refractivity contribution in [3.8, 4) is 11.5 Å². The molecule has 3 atom stereocenters. The number of ether oxygens (including phenoxy) is 1. The summed E-state index contributed by atoms with van der Waals surface area (Å²) < 4.78 is 6.05. The van der Waals surface area contributed by atoms with E-state index >= 15 is 0 Å². The van der Waals surface area contributed by atoms with E-state index in [1.807, 2.05) is 45.0 Å². The van der Waals surface area contributed by atoms with Gasteiger partial charge in [0.2, 0.25) is 17.7 Å². The zero-order valence-electron chi connectivity index (χ0n) is 23.2. The number of carbonyl (C=O) groups is 3. The fraction of sp³-hybridized carbons (Fsp3) is 0.500. The Labute approximate surface area is 231 Å². The number of benzene rings is 2. The lowest BCUT2D eigenvalue weighted by atomic mass is 10.00. The van der Waals surface area contributed by atoms with E-state index in [9.17, 15) is 19.5 Å². The average molecular weight is 539 g/mol. The first-order chi connectivity index (χ1) is 18.8. The molecular weight excluding hydrogens is 496 g/mol. The summed E-state index contributed by atoms with van der Waals surface area (Å²) in [5.74, 6) is -0.198. The van der Waals surface area contributed by atoms with Crippen molar-refractivity contribution in [3.05, 3.63) is 59.7 Å². The van der Waals surface area contributed by atoms with Gasteiger partial charge in [-0.2, -0.15) is 0 Å². The van der Waals surface area contributed by atoms with Gasteiger partial charge in [-0.1, -0.05) is 57.5 Å². The number of fused-ring (bicyclic) bond motifs is 1. The Morgan fingerprint density at radius 1 is 0.923 bits per heavy atom. The summed E-state index contributed by atoms with van der Waals surface area (Å²) in [6.45, 7) is 6.92. The highest BCUT2D eigenvalue weighted by Gasteiger charge is 2.30. The minimum absolute atomic E-state index is 0.148. The van der Waals surface area contributed by atoms with Crippen LogP contribution in [0.4, 0.5) is 0 Å². The van der Waals surface area contributed by atoms with Crippen LogP contribution in [0.15, 0.2) is 48.5 Å². The topological polar surface area (TPSA) is 129 Å². The maximum Gasteiger partial charge on any atom is 0.243 e. The van der Waals surface area contributed by atoms with Crippen LogP contribution in [0.2, 0.25) is 0 Å². The van der Waals surface area contributed by atoms with E-state index in [0.29, 0.717) is 32.5 Å². The molecule has 212 valence electrons. The van der Waals surface area contributed by atoms with E-state index < -0.39 is 18.1 Å². The maximum absolute atomic E-state index is 13.5. The van der Waals surface area contributed by atoms with Gasteiger partial charge in [0.15, 0.2) is 0 Å². The Morgan fingerprint density at radius 3 is 2.38 bits per heavy atom. The van der Waals surface area contributed by atoms with Gasteiger partial charge in [-0.05, 0) is 60.9 Å². The minimum atomic E-state index is -0.809. The molecule has 0 aliphatic carbocycles. The molecule has 0 bridgehead atoms. The summed E-state index contributed by atoms with van der Waals surface area (Å²) in [5, 5.41) is 21.7. The quantitative estimate of drug-likeness (QED) is 0.398. The van der Waals surface area contributed by atoms with Crippen LogP contribution in [0, 0.1) is 5.92 Å². The summed E-state index contributed by atoms with van der Waals surface area (Å²) in [6.07, 6.45) is 3.04. The lowest BCUT2D eigenvalue weighted by molar-refractivity contribution is -0.133. The highest BCUT2D eigenvalue weighted by atomic mass is 16.5. The first-order valence-electron chi connectivity index (χ1n) is 13.9. The van der Waals surface area contributed by atoms with Crippen LogP contribution in [0.3, 0.4) is 0 Å². The van der Waals surface area contributed by atoms with Crippen LogP contribution in [-0.4, -0.2) is 60.6 Å². The highest BCUT2D eigenvalue weighted by Crippen LogP contribution is 2.19. The fourth-order valence-electron chi connectivity index (χ4n) is 4.59. The molecule has 0 aromatic heterocycles. The summed E-state index contributed by atoms with van der Waals surface area (Å²) >= 11 is 0. The van der Waals surface area contributed by atoms with Gasteiger partial charge in [-0.3, -0.25) is 14.4 Å². The molecule has 0 radical (unpaired) electrons. The van der Waals surface area contributed by atoms with Gasteiger partial charge in [0.25, 0.3) is 0 Å². The second kappa shape index (κ2) is 15.1. The third-order valence-corrected chi connectivity index (χ3v) is 6.79. The smallest absolute Gasteiger partial charge is 0.243 e. The molecule has 39 heavy (non-hydrogen) atoms. The molecule has 2 aromatic rings. The van der Waals surface area contributed by atoms with Crippen molar-refractivity contribution in [2.24, 2.45) is 5.92 Å². The van der Waals surface area contributed by atoms with E-state index in [4.69, 9.17) is 4.74 Å². The number of carbonyl (C=O) groups excluding carboxylic acids is 3. The van der Waals surface area contributed by atoms with E-state index in [2.05, 4.69) is 21.3 Å². The van der Waals surface area contributed by atoms with Crippen LogP contribution in [-0.2, 0) is 27.2 Å². The minimum Gasteiger partial charge on any atom is -0.508 e.